The maximum Gasteiger partial charge on any atom is 0.242 e. The van der Waals surface area contributed by atoms with Gasteiger partial charge in [-0.1, -0.05) is 12.7 Å². The number of hydrogen-bond acceptors (Lipinski definition) is 3. The van der Waals surface area contributed by atoms with Crippen LogP contribution < -0.4 is 4.74 Å². The molecule has 0 amide bonds. The van der Waals surface area contributed by atoms with Crippen molar-refractivity contribution in [2.45, 2.75) is 32.5 Å². The Hall–Kier alpha value is -1.68. The summed E-state index contributed by atoms with van der Waals surface area (Å²) in [5.41, 5.74) is 2.39. The SMILES string of the molecule is C=CCOC1=C(O[Si](C)(C)C)c2ccc(OC)cc2CC1. The molecule has 0 radical (unpaired) electrons. The van der Waals surface area contributed by atoms with Crippen LogP contribution >= 0.6 is 0 Å². The largest absolute Gasteiger partial charge is 0.542 e. The van der Waals surface area contributed by atoms with E-state index in [1.165, 1.54) is 5.56 Å². The molecule has 4 heteroatoms. The first-order chi connectivity index (χ1) is 9.94. The fraction of sp³-hybridized carbons (Fsp3) is 0.412. The lowest BCUT2D eigenvalue weighted by Gasteiger charge is -2.29. The molecule has 21 heavy (non-hydrogen) atoms. The van der Waals surface area contributed by atoms with E-state index in [4.69, 9.17) is 13.9 Å². The Balaban J connectivity index is 2.43. The Kier molecular flexibility index (Phi) is 4.78. The number of rotatable bonds is 6. The van der Waals surface area contributed by atoms with E-state index in [-0.39, 0.29) is 0 Å². The summed E-state index contributed by atoms with van der Waals surface area (Å²) < 4.78 is 17.5. The van der Waals surface area contributed by atoms with Gasteiger partial charge in [0, 0.05) is 12.0 Å². The highest BCUT2D eigenvalue weighted by molar-refractivity contribution is 6.70. The molecule has 0 fully saturated rings. The summed E-state index contributed by atoms with van der Waals surface area (Å²) in [6.07, 6.45) is 3.56. The number of hydrogen-bond donors (Lipinski definition) is 0. The third kappa shape index (κ3) is 3.91. The maximum absolute atomic E-state index is 6.31. The summed E-state index contributed by atoms with van der Waals surface area (Å²) in [5.74, 6) is 2.73. The van der Waals surface area contributed by atoms with E-state index in [1.807, 2.05) is 6.07 Å². The normalized spacial score (nSPS) is 14.5. The molecule has 0 heterocycles. The molecule has 0 aromatic heterocycles. The standard InChI is InChI=1S/C17H24O3Si/c1-6-11-19-16-10-7-13-12-14(18-2)8-9-15(13)17(16)20-21(3,4)5/h6,8-9,12H,1,7,10-11H2,2-5H3. The van der Waals surface area contributed by atoms with Crippen LogP contribution in [0.2, 0.25) is 19.6 Å². The number of fused-ring (bicyclic) bond motifs is 1. The van der Waals surface area contributed by atoms with Crippen LogP contribution in [0, 0.1) is 0 Å². The van der Waals surface area contributed by atoms with Crippen LogP contribution in [-0.2, 0) is 15.6 Å². The zero-order valence-corrected chi connectivity index (χ0v) is 14.4. The van der Waals surface area contributed by atoms with Crippen LogP contribution in [0.15, 0.2) is 36.6 Å². The highest BCUT2D eigenvalue weighted by atomic mass is 28.4. The molecule has 114 valence electrons. The van der Waals surface area contributed by atoms with Crippen molar-refractivity contribution < 1.29 is 13.9 Å². The van der Waals surface area contributed by atoms with Gasteiger partial charge < -0.3 is 13.9 Å². The first-order valence-corrected chi connectivity index (χ1v) is 10.7. The average molecular weight is 304 g/mol. The van der Waals surface area contributed by atoms with Crippen LogP contribution in [0.4, 0.5) is 0 Å². The van der Waals surface area contributed by atoms with Crippen LogP contribution in [0.25, 0.3) is 5.76 Å². The summed E-state index contributed by atoms with van der Waals surface area (Å²) >= 11 is 0. The van der Waals surface area contributed by atoms with Crippen LogP contribution in [-0.4, -0.2) is 22.0 Å². The molecule has 3 nitrogen and oxygen atoms in total. The van der Waals surface area contributed by atoms with Gasteiger partial charge in [0.05, 0.1) is 7.11 Å². The van der Waals surface area contributed by atoms with Crippen molar-refractivity contribution in [1.82, 2.24) is 0 Å². The monoisotopic (exact) mass is 304 g/mol. The molecule has 0 spiro atoms. The highest BCUT2D eigenvalue weighted by Crippen LogP contribution is 2.36. The van der Waals surface area contributed by atoms with E-state index in [9.17, 15) is 0 Å². The zero-order chi connectivity index (χ0) is 15.5. The summed E-state index contributed by atoms with van der Waals surface area (Å²) in [5, 5.41) is 0. The quantitative estimate of drug-likeness (QED) is 0.577. The molecule has 1 aromatic rings. The van der Waals surface area contributed by atoms with E-state index in [2.05, 4.69) is 38.4 Å². The van der Waals surface area contributed by atoms with Gasteiger partial charge in [-0.05, 0) is 49.8 Å². The summed E-state index contributed by atoms with van der Waals surface area (Å²) in [4.78, 5) is 0. The third-order valence-corrected chi connectivity index (χ3v) is 4.03. The third-order valence-electron chi connectivity index (χ3n) is 3.22. The minimum absolute atomic E-state index is 0.513. The van der Waals surface area contributed by atoms with Gasteiger partial charge in [-0.2, -0.15) is 0 Å². The van der Waals surface area contributed by atoms with Crippen LogP contribution in [0.3, 0.4) is 0 Å². The first kappa shape index (κ1) is 15.7. The van der Waals surface area contributed by atoms with Gasteiger partial charge in [0.25, 0.3) is 0 Å². The Morgan fingerprint density at radius 2 is 2.00 bits per heavy atom. The van der Waals surface area contributed by atoms with Gasteiger partial charge in [0.15, 0.2) is 0 Å². The summed E-state index contributed by atoms with van der Waals surface area (Å²) in [6, 6.07) is 6.14. The fourth-order valence-corrected chi connectivity index (χ4v) is 3.19. The molecule has 1 aliphatic carbocycles. The van der Waals surface area contributed by atoms with E-state index < -0.39 is 8.32 Å². The van der Waals surface area contributed by atoms with Gasteiger partial charge in [-0.15, -0.1) is 0 Å². The second kappa shape index (κ2) is 6.39. The van der Waals surface area contributed by atoms with Gasteiger partial charge >= 0.3 is 0 Å². The zero-order valence-electron chi connectivity index (χ0n) is 13.4. The summed E-state index contributed by atoms with van der Waals surface area (Å²) in [6.45, 7) is 10.8. The van der Waals surface area contributed by atoms with Crippen LogP contribution in [0.5, 0.6) is 5.75 Å². The predicted molar refractivity (Wildman–Crippen MR) is 88.8 cm³/mol. The van der Waals surface area contributed by atoms with Crippen molar-refractivity contribution in [2.24, 2.45) is 0 Å². The first-order valence-electron chi connectivity index (χ1n) is 7.28. The molecule has 1 aliphatic rings. The molecule has 0 bridgehead atoms. The lowest BCUT2D eigenvalue weighted by atomic mass is 9.94. The van der Waals surface area contributed by atoms with Gasteiger partial charge in [0.2, 0.25) is 8.32 Å². The number of aryl methyl sites for hydroxylation is 1. The second-order valence-corrected chi connectivity index (χ2v) is 10.5. The average Bonchev–Trinajstić information content (AvgIpc) is 2.44. The van der Waals surface area contributed by atoms with Crippen molar-refractivity contribution in [2.75, 3.05) is 13.7 Å². The lowest BCUT2D eigenvalue weighted by Crippen LogP contribution is -2.26. The van der Waals surface area contributed by atoms with E-state index in [0.717, 1.165) is 35.7 Å². The number of methoxy groups -OCH3 is 1. The van der Waals surface area contributed by atoms with Crippen LogP contribution in [0.1, 0.15) is 17.5 Å². The summed E-state index contributed by atoms with van der Waals surface area (Å²) in [7, 11) is -0.0180. The number of benzene rings is 1. The Labute approximate surface area is 128 Å². The highest BCUT2D eigenvalue weighted by Gasteiger charge is 2.27. The van der Waals surface area contributed by atoms with Crippen molar-refractivity contribution in [1.29, 1.82) is 0 Å². The van der Waals surface area contributed by atoms with E-state index in [0.29, 0.717) is 6.61 Å². The van der Waals surface area contributed by atoms with Crippen molar-refractivity contribution >= 4 is 14.1 Å². The van der Waals surface area contributed by atoms with Crippen molar-refractivity contribution in [3.05, 3.63) is 47.7 Å². The molecule has 0 unspecified atom stereocenters. The van der Waals surface area contributed by atoms with Gasteiger partial charge in [-0.3, -0.25) is 0 Å². The Morgan fingerprint density at radius 3 is 2.62 bits per heavy atom. The number of ether oxygens (including phenoxy) is 2. The molecular weight excluding hydrogens is 280 g/mol. The van der Waals surface area contributed by atoms with Crippen molar-refractivity contribution in [3.63, 3.8) is 0 Å². The smallest absolute Gasteiger partial charge is 0.242 e. The Bertz CT molecular complexity index is 556. The second-order valence-electron chi connectivity index (χ2n) is 6.09. The molecule has 0 N–H and O–H groups in total. The minimum Gasteiger partial charge on any atom is -0.542 e. The lowest BCUT2D eigenvalue weighted by molar-refractivity contribution is 0.226. The molecule has 0 saturated carbocycles. The van der Waals surface area contributed by atoms with Gasteiger partial charge in [0.1, 0.15) is 23.9 Å². The molecule has 0 aliphatic heterocycles. The molecule has 1 aromatic carbocycles. The van der Waals surface area contributed by atoms with E-state index in [1.54, 1.807) is 13.2 Å². The minimum atomic E-state index is -1.71. The molecular formula is C17H24O3Si. The number of allylic oxidation sites excluding steroid dienone is 1. The van der Waals surface area contributed by atoms with Crippen molar-refractivity contribution in [3.8, 4) is 5.75 Å². The molecule has 0 saturated heterocycles. The van der Waals surface area contributed by atoms with E-state index >= 15 is 0 Å². The molecule has 2 rings (SSSR count). The Morgan fingerprint density at radius 1 is 1.24 bits per heavy atom. The molecule has 0 atom stereocenters. The predicted octanol–water partition coefficient (Wildman–Crippen LogP) is 4.36. The van der Waals surface area contributed by atoms with Gasteiger partial charge in [-0.25, -0.2) is 0 Å². The fourth-order valence-electron chi connectivity index (χ4n) is 2.35. The maximum atomic E-state index is 6.31. The topological polar surface area (TPSA) is 27.7 Å².